The first-order chi connectivity index (χ1) is 8.65. The Kier molecular flexibility index (Phi) is 7.20. The summed E-state index contributed by atoms with van der Waals surface area (Å²) in [5.41, 5.74) is 0.430. The van der Waals surface area contributed by atoms with Crippen molar-refractivity contribution < 1.29 is 4.74 Å². The largest absolute Gasteiger partial charge is 0.381 e. The van der Waals surface area contributed by atoms with E-state index < -0.39 is 0 Å². The standard InChI is InChI=1S/C15H32N2O/c1-5-15(6-2,12-16-3)13-17(4)10-14-8-7-9-18-11-14/h14,16H,5-13H2,1-4H3. The first-order valence-corrected chi connectivity index (χ1v) is 7.56. The van der Waals surface area contributed by atoms with Gasteiger partial charge in [-0.2, -0.15) is 0 Å². The molecule has 3 heteroatoms. The highest BCUT2D eigenvalue weighted by Crippen LogP contribution is 2.27. The highest BCUT2D eigenvalue weighted by Gasteiger charge is 2.28. The van der Waals surface area contributed by atoms with Crippen molar-refractivity contribution >= 4 is 0 Å². The Balaban J connectivity index is 2.41. The summed E-state index contributed by atoms with van der Waals surface area (Å²) in [6.45, 7) is 10.1. The van der Waals surface area contributed by atoms with E-state index in [2.05, 4.69) is 38.2 Å². The maximum Gasteiger partial charge on any atom is 0.0506 e. The molecule has 3 nitrogen and oxygen atoms in total. The van der Waals surface area contributed by atoms with Crippen molar-refractivity contribution in [2.45, 2.75) is 39.5 Å². The molecule has 18 heavy (non-hydrogen) atoms. The van der Waals surface area contributed by atoms with Crippen LogP contribution in [-0.2, 0) is 4.74 Å². The third-order valence-corrected chi connectivity index (χ3v) is 4.48. The maximum absolute atomic E-state index is 5.57. The molecule has 0 saturated carbocycles. The number of rotatable bonds is 8. The van der Waals surface area contributed by atoms with Gasteiger partial charge in [-0.3, -0.25) is 0 Å². The first-order valence-electron chi connectivity index (χ1n) is 7.56. The van der Waals surface area contributed by atoms with Crippen LogP contribution in [0.4, 0.5) is 0 Å². The van der Waals surface area contributed by atoms with Gasteiger partial charge in [0.05, 0.1) is 6.61 Å². The lowest BCUT2D eigenvalue weighted by molar-refractivity contribution is 0.0346. The molecule has 0 radical (unpaired) electrons. The fourth-order valence-corrected chi connectivity index (χ4v) is 3.18. The minimum atomic E-state index is 0.430. The van der Waals surface area contributed by atoms with E-state index in [9.17, 15) is 0 Å². The average molecular weight is 256 g/mol. The van der Waals surface area contributed by atoms with E-state index in [0.29, 0.717) is 5.41 Å². The van der Waals surface area contributed by atoms with E-state index >= 15 is 0 Å². The molecule has 0 amide bonds. The second kappa shape index (κ2) is 8.13. The van der Waals surface area contributed by atoms with Gasteiger partial charge in [-0.25, -0.2) is 0 Å². The Morgan fingerprint density at radius 2 is 2.06 bits per heavy atom. The number of nitrogens with one attached hydrogen (secondary N) is 1. The van der Waals surface area contributed by atoms with Crippen LogP contribution in [0.5, 0.6) is 0 Å². The fraction of sp³-hybridized carbons (Fsp3) is 1.00. The topological polar surface area (TPSA) is 24.5 Å². The molecule has 0 aromatic heterocycles. The van der Waals surface area contributed by atoms with Crippen molar-refractivity contribution in [3.8, 4) is 0 Å². The normalized spacial score (nSPS) is 21.5. The Bertz CT molecular complexity index is 211. The summed E-state index contributed by atoms with van der Waals surface area (Å²) in [7, 11) is 4.33. The van der Waals surface area contributed by atoms with Gasteiger partial charge in [0, 0.05) is 26.2 Å². The molecular formula is C15H32N2O. The van der Waals surface area contributed by atoms with Crippen LogP contribution in [0, 0.1) is 11.3 Å². The highest BCUT2D eigenvalue weighted by atomic mass is 16.5. The van der Waals surface area contributed by atoms with Crippen molar-refractivity contribution in [1.29, 1.82) is 0 Å². The van der Waals surface area contributed by atoms with Gasteiger partial charge in [-0.1, -0.05) is 13.8 Å². The molecule has 1 fully saturated rings. The van der Waals surface area contributed by atoms with Gasteiger partial charge in [0.15, 0.2) is 0 Å². The van der Waals surface area contributed by atoms with E-state index in [1.165, 1.54) is 38.8 Å². The molecule has 0 aliphatic carbocycles. The van der Waals surface area contributed by atoms with Gasteiger partial charge >= 0.3 is 0 Å². The summed E-state index contributed by atoms with van der Waals surface area (Å²) in [4.78, 5) is 2.52. The predicted octanol–water partition coefficient (Wildman–Crippen LogP) is 2.37. The van der Waals surface area contributed by atoms with Gasteiger partial charge in [0.2, 0.25) is 0 Å². The zero-order chi connectivity index (χ0) is 13.4. The van der Waals surface area contributed by atoms with Crippen LogP contribution in [0.3, 0.4) is 0 Å². The Morgan fingerprint density at radius 3 is 2.56 bits per heavy atom. The fourth-order valence-electron chi connectivity index (χ4n) is 3.18. The molecule has 1 heterocycles. The second-order valence-electron chi connectivity index (χ2n) is 6.02. The molecule has 108 valence electrons. The molecule has 1 N–H and O–H groups in total. The first kappa shape index (κ1) is 15.9. The molecule has 1 aliphatic heterocycles. The molecule has 0 aromatic carbocycles. The molecule has 1 aliphatic rings. The lowest BCUT2D eigenvalue weighted by Crippen LogP contribution is -2.43. The van der Waals surface area contributed by atoms with Crippen molar-refractivity contribution in [2.75, 3.05) is 46.9 Å². The van der Waals surface area contributed by atoms with E-state index in [4.69, 9.17) is 4.74 Å². The molecule has 1 atom stereocenters. The third kappa shape index (κ3) is 4.87. The van der Waals surface area contributed by atoms with E-state index in [0.717, 1.165) is 25.7 Å². The zero-order valence-corrected chi connectivity index (χ0v) is 12.8. The lowest BCUT2D eigenvalue weighted by Gasteiger charge is -2.37. The molecule has 1 rings (SSSR count). The quantitative estimate of drug-likeness (QED) is 0.721. The van der Waals surface area contributed by atoms with Crippen molar-refractivity contribution in [1.82, 2.24) is 10.2 Å². The van der Waals surface area contributed by atoms with Crippen LogP contribution >= 0.6 is 0 Å². The summed E-state index contributed by atoms with van der Waals surface area (Å²) >= 11 is 0. The van der Waals surface area contributed by atoms with Crippen LogP contribution in [0.15, 0.2) is 0 Å². The summed E-state index contributed by atoms with van der Waals surface area (Å²) in [6.07, 6.45) is 5.06. The average Bonchev–Trinajstić information content (AvgIpc) is 2.39. The molecular weight excluding hydrogens is 224 g/mol. The Labute approximate surface area is 113 Å². The molecule has 0 bridgehead atoms. The molecule has 0 spiro atoms. The Morgan fingerprint density at radius 1 is 1.33 bits per heavy atom. The van der Waals surface area contributed by atoms with Crippen LogP contribution in [0.1, 0.15) is 39.5 Å². The van der Waals surface area contributed by atoms with Crippen LogP contribution in [-0.4, -0.2) is 51.8 Å². The SMILES string of the molecule is CCC(CC)(CNC)CN(C)CC1CCCOC1. The third-order valence-electron chi connectivity index (χ3n) is 4.48. The summed E-state index contributed by atoms with van der Waals surface area (Å²) < 4.78 is 5.57. The summed E-state index contributed by atoms with van der Waals surface area (Å²) in [5, 5.41) is 3.37. The maximum atomic E-state index is 5.57. The number of hydrogen-bond acceptors (Lipinski definition) is 3. The van der Waals surface area contributed by atoms with Gasteiger partial charge in [0.25, 0.3) is 0 Å². The predicted molar refractivity (Wildman–Crippen MR) is 78.0 cm³/mol. The monoisotopic (exact) mass is 256 g/mol. The number of ether oxygens (including phenoxy) is 1. The van der Waals surface area contributed by atoms with E-state index in [1.54, 1.807) is 0 Å². The van der Waals surface area contributed by atoms with Crippen molar-refractivity contribution in [2.24, 2.45) is 11.3 Å². The van der Waals surface area contributed by atoms with Gasteiger partial charge in [0.1, 0.15) is 0 Å². The number of nitrogens with zero attached hydrogens (tertiary/aromatic N) is 1. The van der Waals surface area contributed by atoms with E-state index in [-0.39, 0.29) is 0 Å². The van der Waals surface area contributed by atoms with Gasteiger partial charge in [-0.15, -0.1) is 0 Å². The molecule has 1 saturated heterocycles. The summed E-state index contributed by atoms with van der Waals surface area (Å²) in [6, 6.07) is 0. The van der Waals surface area contributed by atoms with E-state index in [1.807, 2.05) is 0 Å². The second-order valence-corrected chi connectivity index (χ2v) is 6.02. The Hall–Kier alpha value is -0.120. The van der Waals surface area contributed by atoms with Crippen molar-refractivity contribution in [3.63, 3.8) is 0 Å². The lowest BCUT2D eigenvalue weighted by atomic mass is 9.81. The molecule has 1 unspecified atom stereocenters. The summed E-state index contributed by atoms with van der Waals surface area (Å²) in [5.74, 6) is 0.741. The zero-order valence-electron chi connectivity index (χ0n) is 12.8. The minimum absolute atomic E-state index is 0.430. The smallest absolute Gasteiger partial charge is 0.0506 e. The molecule has 0 aromatic rings. The van der Waals surface area contributed by atoms with Crippen LogP contribution in [0.2, 0.25) is 0 Å². The minimum Gasteiger partial charge on any atom is -0.381 e. The van der Waals surface area contributed by atoms with Crippen LogP contribution in [0.25, 0.3) is 0 Å². The van der Waals surface area contributed by atoms with Crippen molar-refractivity contribution in [3.05, 3.63) is 0 Å². The number of hydrogen-bond donors (Lipinski definition) is 1. The highest BCUT2D eigenvalue weighted by molar-refractivity contribution is 4.82. The van der Waals surface area contributed by atoms with Gasteiger partial charge < -0.3 is 15.0 Å². The van der Waals surface area contributed by atoms with Gasteiger partial charge in [-0.05, 0) is 51.1 Å². The van der Waals surface area contributed by atoms with Crippen LogP contribution < -0.4 is 5.32 Å².